The van der Waals surface area contributed by atoms with Crippen LogP contribution in [0.25, 0.3) is 0 Å². The highest BCUT2D eigenvalue weighted by molar-refractivity contribution is 5.01. The SMILES string of the molecule is [CH2]OCC(C)c1ccon1. The van der Waals surface area contributed by atoms with E-state index < -0.39 is 0 Å². The van der Waals surface area contributed by atoms with Gasteiger partial charge in [-0.1, -0.05) is 12.1 Å². The first-order valence-electron chi connectivity index (χ1n) is 3.12. The van der Waals surface area contributed by atoms with Crippen molar-refractivity contribution in [3.63, 3.8) is 0 Å². The van der Waals surface area contributed by atoms with Gasteiger partial charge in [-0.05, 0) is 0 Å². The van der Waals surface area contributed by atoms with Crippen LogP contribution in [0.4, 0.5) is 0 Å². The van der Waals surface area contributed by atoms with Crippen LogP contribution in [0.3, 0.4) is 0 Å². The summed E-state index contributed by atoms with van der Waals surface area (Å²) >= 11 is 0. The molecule has 1 unspecified atom stereocenters. The Hall–Kier alpha value is -0.830. The lowest BCUT2D eigenvalue weighted by Crippen LogP contribution is -2.00. The van der Waals surface area contributed by atoms with Crippen molar-refractivity contribution in [2.45, 2.75) is 12.8 Å². The smallest absolute Gasteiger partial charge is 0.124 e. The molecule has 0 amide bonds. The van der Waals surface area contributed by atoms with E-state index >= 15 is 0 Å². The Bertz CT molecular complexity index is 172. The Morgan fingerprint density at radius 3 is 3.20 bits per heavy atom. The van der Waals surface area contributed by atoms with Gasteiger partial charge in [-0.15, -0.1) is 0 Å². The number of nitrogens with zero attached hydrogens (tertiary/aromatic N) is 1. The van der Waals surface area contributed by atoms with Gasteiger partial charge in [0.25, 0.3) is 0 Å². The minimum absolute atomic E-state index is 0.260. The summed E-state index contributed by atoms with van der Waals surface area (Å²) in [7, 11) is 3.28. The molecule has 0 saturated heterocycles. The van der Waals surface area contributed by atoms with Crippen molar-refractivity contribution < 1.29 is 9.26 Å². The zero-order chi connectivity index (χ0) is 7.40. The van der Waals surface area contributed by atoms with Gasteiger partial charge < -0.3 is 9.26 Å². The van der Waals surface area contributed by atoms with Crippen molar-refractivity contribution in [1.82, 2.24) is 5.16 Å². The fraction of sp³-hybridized carbons (Fsp3) is 0.429. The Morgan fingerprint density at radius 1 is 1.90 bits per heavy atom. The molecule has 1 radical (unpaired) electrons. The third kappa shape index (κ3) is 1.57. The lowest BCUT2D eigenvalue weighted by atomic mass is 10.1. The quantitative estimate of drug-likeness (QED) is 0.639. The second-order valence-corrected chi connectivity index (χ2v) is 2.20. The summed E-state index contributed by atoms with van der Waals surface area (Å²) in [6, 6.07) is 1.82. The van der Waals surface area contributed by atoms with Crippen molar-refractivity contribution in [2.75, 3.05) is 6.61 Å². The molecule has 55 valence electrons. The molecule has 1 aromatic rings. The molecule has 0 aliphatic heterocycles. The maximum atomic E-state index is 4.70. The van der Waals surface area contributed by atoms with E-state index in [1.807, 2.05) is 13.0 Å². The van der Waals surface area contributed by atoms with Crippen molar-refractivity contribution in [2.24, 2.45) is 0 Å². The Morgan fingerprint density at radius 2 is 2.70 bits per heavy atom. The molecule has 1 atom stereocenters. The molecule has 0 saturated carbocycles. The van der Waals surface area contributed by atoms with Crippen LogP contribution in [-0.2, 0) is 4.74 Å². The van der Waals surface area contributed by atoms with Crippen molar-refractivity contribution in [1.29, 1.82) is 0 Å². The Labute approximate surface area is 60.0 Å². The zero-order valence-corrected chi connectivity index (χ0v) is 5.91. The number of hydrogen-bond donors (Lipinski definition) is 0. The molecule has 1 rings (SSSR count). The van der Waals surface area contributed by atoms with Crippen molar-refractivity contribution in [3.8, 4) is 0 Å². The minimum atomic E-state index is 0.260. The molecule has 10 heavy (non-hydrogen) atoms. The molecular weight excluding hydrogens is 130 g/mol. The van der Waals surface area contributed by atoms with Gasteiger partial charge in [-0.2, -0.15) is 0 Å². The normalized spacial score (nSPS) is 13.4. The lowest BCUT2D eigenvalue weighted by molar-refractivity contribution is 0.221. The van der Waals surface area contributed by atoms with Crippen LogP contribution in [0.1, 0.15) is 18.5 Å². The largest absolute Gasteiger partial charge is 0.378 e. The first-order chi connectivity index (χ1) is 4.84. The third-order valence-corrected chi connectivity index (χ3v) is 1.33. The Kier molecular flexibility index (Phi) is 2.45. The zero-order valence-electron chi connectivity index (χ0n) is 5.91. The van der Waals surface area contributed by atoms with E-state index in [1.54, 1.807) is 6.26 Å². The predicted octanol–water partition coefficient (Wildman–Crippen LogP) is 1.59. The third-order valence-electron chi connectivity index (χ3n) is 1.33. The monoisotopic (exact) mass is 140 g/mol. The van der Waals surface area contributed by atoms with E-state index in [9.17, 15) is 0 Å². The van der Waals surface area contributed by atoms with E-state index in [-0.39, 0.29) is 5.92 Å². The minimum Gasteiger partial charge on any atom is -0.378 e. The van der Waals surface area contributed by atoms with E-state index in [0.29, 0.717) is 6.61 Å². The topological polar surface area (TPSA) is 35.3 Å². The summed E-state index contributed by atoms with van der Waals surface area (Å²) in [5, 5.41) is 3.75. The molecule has 0 aliphatic carbocycles. The molecule has 1 heterocycles. The summed E-state index contributed by atoms with van der Waals surface area (Å²) in [5.41, 5.74) is 0.906. The fourth-order valence-electron chi connectivity index (χ4n) is 0.738. The van der Waals surface area contributed by atoms with Gasteiger partial charge in [0, 0.05) is 12.0 Å². The Balaban J connectivity index is 2.50. The van der Waals surface area contributed by atoms with Crippen LogP contribution in [0, 0.1) is 7.11 Å². The van der Waals surface area contributed by atoms with Crippen LogP contribution in [-0.4, -0.2) is 11.8 Å². The standard InChI is InChI=1S/C7H10NO2/c1-6(5-9-2)7-3-4-10-8-7/h3-4,6H,2,5H2,1H3. The van der Waals surface area contributed by atoms with E-state index in [1.165, 1.54) is 0 Å². The lowest BCUT2D eigenvalue weighted by Gasteiger charge is -2.03. The van der Waals surface area contributed by atoms with E-state index in [4.69, 9.17) is 4.74 Å². The number of hydrogen-bond acceptors (Lipinski definition) is 3. The highest BCUT2D eigenvalue weighted by Crippen LogP contribution is 2.11. The first kappa shape index (κ1) is 7.28. The average Bonchev–Trinajstić information content (AvgIpc) is 2.38. The van der Waals surface area contributed by atoms with E-state index in [2.05, 4.69) is 16.8 Å². The molecule has 1 aromatic heterocycles. The number of rotatable bonds is 3. The van der Waals surface area contributed by atoms with Crippen LogP contribution < -0.4 is 0 Å². The van der Waals surface area contributed by atoms with Gasteiger partial charge in [-0.25, -0.2) is 0 Å². The maximum absolute atomic E-state index is 4.70. The van der Waals surface area contributed by atoms with Crippen LogP contribution in [0.5, 0.6) is 0 Å². The fourth-order valence-corrected chi connectivity index (χ4v) is 0.738. The van der Waals surface area contributed by atoms with E-state index in [0.717, 1.165) is 5.69 Å². The molecule has 0 bridgehead atoms. The summed E-state index contributed by atoms with van der Waals surface area (Å²) < 4.78 is 9.35. The van der Waals surface area contributed by atoms with Crippen LogP contribution in [0.15, 0.2) is 16.9 Å². The number of aromatic nitrogens is 1. The maximum Gasteiger partial charge on any atom is 0.124 e. The summed E-state index contributed by atoms with van der Waals surface area (Å²) in [4.78, 5) is 0. The van der Waals surface area contributed by atoms with Crippen molar-refractivity contribution >= 4 is 0 Å². The molecule has 0 aliphatic rings. The highest BCUT2D eigenvalue weighted by atomic mass is 16.5. The highest BCUT2D eigenvalue weighted by Gasteiger charge is 2.06. The van der Waals surface area contributed by atoms with Crippen LogP contribution >= 0.6 is 0 Å². The van der Waals surface area contributed by atoms with Gasteiger partial charge >= 0.3 is 0 Å². The van der Waals surface area contributed by atoms with Gasteiger partial charge in [0.2, 0.25) is 0 Å². The second kappa shape index (κ2) is 3.37. The van der Waals surface area contributed by atoms with Gasteiger partial charge in [0.05, 0.1) is 19.4 Å². The molecule has 0 N–H and O–H groups in total. The predicted molar refractivity (Wildman–Crippen MR) is 36.2 cm³/mol. The average molecular weight is 140 g/mol. The molecule has 0 aromatic carbocycles. The summed E-state index contributed by atoms with van der Waals surface area (Å²) in [6.45, 7) is 2.58. The molecule has 3 nitrogen and oxygen atoms in total. The van der Waals surface area contributed by atoms with Gasteiger partial charge in [-0.3, -0.25) is 0 Å². The molecule has 3 heteroatoms. The molecular formula is C7H10NO2. The number of ether oxygens (including phenoxy) is 1. The summed E-state index contributed by atoms with van der Waals surface area (Å²) in [6.07, 6.45) is 1.55. The molecule has 0 spiro atoms. The van der Waals surface area contributed by atoms with Gasteiger partial charge in [0.1, 0.15) is 6.26 Å². The summed E-state index contributed by atoms with van der Waals surface area (Å²) in [5.74, 6) is 0.260. The molecule has 0 fully saturated rings. The van der Waals surface area contributed by atoms with Gasteiger partial charge in [0.15, 0.2) is 0 Å². The second-order valence-electron chi connectivity index (χ2n) is 2.20. The van der Waals surface area contributed by atoms with Crippen LogP contribution in [0.2, 0.25) is 0 Å². The van der Waals surface area contributed by atoms with Crippen molar-refractivity contribution in [3.05, 3.63) is 25.1 Å². The first-order valence-corrected chi connectivity index (χ1v) is 3.12.